The van der Waals surface area contributed by atoms with Gasteiger partial charge in [-0.1, -0.05) is 42.5 Å². The average Bonchev–Trinajstić information content (AvgIpc) is 2.46. The summed E-state index contributed by atoms with van der Waals surface area (Å²) in [6, 6.07) is 18.1. The number of para-hydroxylation sites is 1. The molecule has 3 heteroatoms. The van der Waals surface area contributed by atoms with Gasteiger partial charge < -0.3 is 10.2 Å². The van der Waals surface area contributed by atoms with E-state index in [1.807, 2.05) is 56.3 Å². The zero-order valence-electron chi connectivity index (χ0n) is 11.9. The maximum absolute atomic E-state index is 5.74. The van der Waals surface area contributed by atoms with E-state index in [0.717, 1.165) is 11.3 Å². The van der Waals surface area contributed by atoms with Crippen molar-refractivity contribution in [3.05, 3.63) is 65.7 Å². The predicted molar refractivity (Wildman–Crippen MR) is 83.1 cm³/mol. The molecule has 0 unspecified atom stereocenters. The van der Waals surface area contributed by atoms with Crippen molar-refractivity contribution in [1.29, 1.82) is 0 Å². The van der Waals surface area contributed by atoms with Crippen molar-refractivity contribution < 1.29 is 4.74 Å². The number of hydrogen-bond donors (Lipinski definition) is 1. The molecule has 3 nitrogen and oxygen atoms in total. The Morgan fingerprint density at radius 1 is 1.05 bits per heavy atom. The number of hydrogen-bond acceptors (Lipinski definition) is 3. The summed E-state index contributed by atoms with van der Waals surface area (Å²) in [7, 11) is 0. The van der Waals surface area contributed by atoms with Crippen molar-refractivity contribution in [1.82, 2.24) is 5.43 Å². The summed E-state index contributed by atoms with van der Waals surface area (Å²) in [6.45, 7) is 4.74. The van der Waals surface area contributed by atoms with Crippen LogP contribution in [0, 0.1) is 0 Å². The third kappa shape index (κ3) is 4.43. The summed E-state index contributed by atoms with van der Waals surface area (Å²) < 4.78 is 5.74. The minimum Gasteiger partial charge on any atom is -0.490 e. The highest BCUT2D eigenvalue weighted by atomic mass is 16.5. The van der Waals surface area contributed by atoms with Gasteiger partial charge in [0.15, 0.2) is 0 Å². The van der Waals surface area contributed by atoms with Gasteiger partial charge in [0.05, 0.1) is 18.9 Å². The molecule has 0 aliphatic carbocycles. The molecule has 0 saturated carbocycles. The fourth-order valence-electron chi connectivity index (χ4n) is 1.80. The molecule has 1 N–H and O–H groups in total. The lowest BCUT2D eigenvalue weighted by Crippen LogP contribution is -2.08. The van der Waals surface area contributed by atoms with E-state index < -0.39 is 0 Å². The summed E-state index contributed by atoms with van der Waals surface area (Å²) in [4.78, 5) is 0. The summed E-state index contributed by atoms with van der Waals surface area (Å²) in [6.07, 6.45) is 1.95. The maximum Gasteiger partial charge on any atom is 0.128 e. The Morgan fingerprint density at radius 3 is 2.50 bits per heavy atom. The Kier molecular flexibility index (Phi) is 5.18. The molecular formula is C17H20N2O. The van der Waals surface area contributed by atoms with Crippen LogP contribution in [0.15, 0.2) is 59.7 Å². The van der Waals surface area contributed by atoms with Gasteiger partial charge in [0.25, 0.3) is 0 Å². The van der Waals surface area contributed by atoms with Crippen LogP contribution in [0.1, 0.15) is 25.0 Å². The Labute approximate surface area is 120 Å². The number of nitrogens with zero attached hydrogens (tertiary/aromatic N) is 1. The molecule has 0 bridgehead atoms. The molecule has 0 aromatic heterocycles. The predicted octanol–water partition coefficient (Wildman–Crippen LogP) is 3.60. The van der Waals surface area contributed by atoms with E-state index in [0.29, 0.717) is 6.54 Å². The van der Waals surface area contributed by atoms with E-state index in [-0.39, 0.29) is 6.10 Å². The third-order valence-electron chi connectivity index (χ3n) is 2.70. The van der Waals surface area contributed by atoms with Crippen LogP contribution in [0.25, 0.3) is 0 Å². The zero-order chi connectivity index (χ0) is 14.2. The van der Waals surface area contributed by atoms with Gasteiger partial charge in [-0.05, 0) is 31.5 Å². The molecule has 0 aliphatic rings. The van der Waals surface area contributed by atoms with Gasteiger partial charge in [0.1, 0.15) is 5.75 Å². The zero-order valence-corrected chi connectivity index (χ0v) is 11.9. The topological polar surface area (TPSA) is 33.6 Å². The van der Waals surface area contributed by atoms with E-state index in [9.17, 15) is 0 Å². The largest absolute Gasteiger partial charge is 0.490 e. The molecular weight excluding hydrogens is 248 g/mol. The molecule has 0 saturated heterocycles. The lowest BCUT2D eigenvalue weighted by atomic mass is 10.2. The van der Waals surface area contributed by atoms with Crippen LogP contribution in [0.3, 0.4) is 0 Å². The van der Waals surface area contributed by atoms with Gasteiger partial charge in [0, 0.05) is 5.56 Å². The summed E-state index contributed by atoms with van der Waals surface area (Å²) in [5, 5.41) is 4.25. The molecule has 0 aliphatic heterocycles. The Hall–Kier alpha value is -2.29. The van der Waals surface area contributed by atoms with Gasteiger partial charge >= 0.3 is 0 Å². The van der Waals surface area contributed by atoms with Gasteiger partial charge in [-0.25, -0.2) is 0 Å². The normalized spacial score (nSPS) is 10.9. The smallest absolute Gasteiger partial charge is 0.128 e. The monoisotopic (exact) mass is 268 g/mol. The second kappa shape index (κ2) is 7.34. The summed E-state index contributed by atoms with van der Waals surface area (Å²) >= 11 is 0. The van der Waals surface area contributed by atoms with Gasteiger partial charge in [-0.15, -0.1) is 0 Å². The second-order valence-electron chi connectivity index (χ2n) is 4.78. The molecule has 2 aromatic carbocycles. The van der Waals surface area contributed by atoms with Crippen LogP contribution >= 0.6 is 0 Å². The van der Waals surface area contributed by atoms with Crippen molar-refractivity contribution in [2.75, 3.05) is 0 Å². The van der Waals surface area contributed by atoms with Crippen LogP contribution in [0.2, 0.25) is 0 Å². The highest BCUT2D eigenvalue weighted by Crippen LogP contribution is 2.17. The number of ether oxygens (including phenoxy) is 1. The fourth-order valence-corrected chi connectivity index (χ4v) is 1.80. The van der Waals surface area contributed by atoms with Crippen LogP contribution in [-0.2, 0) is 6.54 Å². The van der Waals surface area contributed by atoms with E-state index in [1.54, 1.807) is 6.21 Å². The highest BCUT2D eigenvalue weighted by molar-refractivity contribution is 5.83. The van der Waals surface area contributed by atoms with Crippen molar-refractivity contribution in [3.63, 3.8) is 0 Å². The van der Waals surface area contributed by atoms with Crippen molar-refractivity contribution in [2.24, 2.45) is 5.10 Å². The van der Waals surface area contributed by atoms with Crippen LogP contribution in [0.4, 0.5) is 0 Å². The van der Waals surface area contributed by atoms with Gasteiger partial charge in [0.2, 0.25) is 0 Å². The quantitative estimate of drug-likeness (QED) is 0.641. The number of nitrogens with one attached hydrogen (secondary N) is 1. The van der Waals surface area contributed by atoms with Crippen LogP contribution < -0.4 is 10.2 Å². The Balaban J connectivity index is 1.94. The minimum atomic E-state index is 0.154. The first kappa shape index (κ1) is 14.1. The van der Waals surface area contributed by atoms with E-state index in [2.05, 4.69) is 22.7 Å². The molecule has 0 atom stereocenters. The lowest BCUT2D eigenvalue weighted by molar-refractivity contribution is 0.242. The lowest BCUT2D eigenvalue weighted by Gasteiger charge is -2.11. The van der Waals surface area contributed by atoms with Crippen molar-refractivity contribution >= 4 is 6.21 Å². The summed E-state index contributed by atoms with van der Waals surface area (Å²) in [5.41, 5.74) is 5.22. The number of rotatable bonds is 6. The molecule has 2 rings (SSSR count). The summed E-state index contributed by atoms with van der Waals surface area (Å²) in [5.74, 6) is 0.854. The first-order valence-electron chi connectivity index (χ1n) is 6.81. The van der Waals surface area contributed by atoms with E-state index in [4.69, 9.17) is 4.74 Å². The SMILES string of the molecule is CC(C)Oc1ccccc1C=NNCc1ccccc1. The van der Waals surface area contributed by atoms with Gasteiger partial charge in [-0.3, -0.25) is 0 Å². The molecule has 2 aromatic rings. The molecule has 0 heterocycles. The second-order valence-corrected chi connectivity index (χ2v) is 4.78. The standard InChI is InChI=1S/C17H20N2O/c1-14(2)20-17-11-7-6-10-16(17)13-19-18-12-15-8-4-3-5-9-15/h3-11,13-14,18H,12H2,1-2H3. The van der Waals surface area contributed by atoms with E-state index in [1.165, 1.54) is 5.56 Å². The molecule has 20 heavy (non-hydrogen) atoms. The van der Waals surface area contributed by atoms with Crippen molar-refractivity contribution in [2.45, 2.75) is 26.5 Å². The van der Waals surface area contributed by atoms with E-state index >= 15 is 0 Å². The highest BCUT2D eigenvalue weighted by Gasteiger charge is 2.02. The molecule has 0 fully saturated rings. The molecule has 104 valence electrons. The first-order chi connectivity index (χ1) is 9.75. The Bertz CT molecular complexity index is 550. The third-order valence-corrected chi connectivity index (χ3v) is 2.70. The number of benzene rings is 2. The van der Waals surface area contributed by atoms with Crippen LogP contribution in [0.5, 0.6) is 5.75 Å². The molecule has 0 amide bonds. The number of hydrazone groups is 1. The van der Waals surface area contributed by atoms with Crippen LogP contribution in [-0.4, -0.2) is 12.3 Å². The first-order valence-corrected chi connectivity index (χ1v) is 6.81. The fraction of sp³-hybridized carbons (Fsp3) is 0.235. The maximum atomic E-state index is 5.74. The Morgan fingerprint density at radius 2 is 1.75 bits per heavy atom. The van der Waals surface area contributed by atoms with Crippen molar-refractivity contribution in [3.8, 4) is 5.75 Å². The average molecular weight is 268 g/mol. The molecule has 0 spiro atoms. The van der Waals surface area contributed by atoms with Gasteiger partial charge in [-0.2, -0.15) is 5.10 Å². The molecule has 0 radical (unpaired) electrons. The minimum absolute atomic E-state index is 0.154.